The maximum Gasteiger partial charge on any atom is 0.131 e. The average Bonchev–Trinajstić information content (AvgIpc) is 2.85. The Bertz CT molecular complexity index is 522. The number of aliphatic hydroxyl groups is 1. The lowest BCUT2D eigenvalue weighted by atomic mass is 10.1. The molecule has 0 aliphatic carbocycles. The first kappa shape index (κ1) is 14.0. The van der Waals surface area contributed by atoms with E-state index in [4.69, 9.17) is 4.74 Å². The van der Waals surface area contributed by atoms with Crippen LogP contribution in [0.1, 0.15) is 42.6 Å². The first-order valence-corrected chi connectivity index (χ1v) is 7.41. The number of benzene rings is 1. The lowest BCUT2D eigenvalue weighted by Gasteiger charge is -2.08. The van der Waals surface area contributed by atoms with E-state index in [0.29, 0.717) is 6.61 Å². The molecule has 2 aromatic rings. The van der Waals surface area contributed by atoms with E-state index < -0.39 is 6.10 Å². The molecule has 1 heterocycles. The minimum Gasteiger partial charge on any atom is -0.487 e. The molecule has 0 saturated carbocycles. The standard InChI is InChI=1S/C15H19NO2S/c1-3-5-15-16-13(10-19-15)9-18-14-7-4-6-12(8-14)11(2)17/h4,6-8,10-11,17H,3,5,9H2,1-2H3/t11-/m0/s1. The molecule has 0 bridgehead atoms. The van der Waals surface area contributed by atoms with Gasteiger partial charge in [0.05, 0.1) is 16.8 Å². The molecule has 0 radical (unpaired) electrons. The Balaban J connectivity index is 1.95. The molecule has 102 valence electrons. The normalized spacial score (nSPS) is 12.4. The number of nitrogens with zero attached hydrogens (tertiary/aromatic N) is 1. The number of aryl methyl sites for hydroxylation is 1. The molecule has 19 heavy (non-hydrogen) atoms. The van der Waals surface area contributed by atoms with E-state index in [1.807, 2.05) is 29.6 Å². The summed E-state index contributed by atoms with van der Waals surface area (Å²) in [6.07, 6.45) is 1.67. The van der Waals surface area contributed by atoms with Crippen LogP contribution in [-0.4, -0.2) is 10.1 Å². The lowest BCUT2D eigenvalue weighted by molar-refractivity contribution is 0.198. The highest BCUT2D eigenvalue weighted by Crippen LogP contribution is 2.20. The van der Waals surface area contributed by atoms with E-state index in [9.17, 15) is 5.11 Å². The van der Waals surface area contributed by atoms with Crippen LogP contribution in [0.5, 0.6) is 5.75 Å². The monoisotopic (exact) mass is 277 g/mol. The number of thiazole rings is 1. The van der Waals surface area contributed by atoms with E-state index >= 15 is 0 Å². The summed E-state index contributed by atoms with van der Waals surface area (Å²) < 4.78 is 5.71. The van der Waals surface area contributed by atoms with Crippen molar-refractivity contribution in [2.24, 2.45) is 0 Å². The number of aromatic nitrogens is 1. The van der Waals surface area contributed by atoms with Crippen LogP contribution < -0.4 is 4.74 Å². The summed E-state index contributed by atoms with van der Waals surface area (Å²) in [6, 6.07) is 7.54. The summed E-state index contributed by atoms with van der Waals surface area (Å²) in [7, 11) is 0. The average molecular weight is 277 g/mol. The number of rotatable bonds is 6. The highest BCUT2D eigenvalue weighted by atomic mass is 32.1. The fourth-order valence-electron chi connectivity index (χ4n) is 1.77. The first-order valence-electron chi connectivity index (χ1n) is 6.53. The third-order valence-corrected chi connectivity index (χ3v) is 3.75. The van der Waals surface area contributed by atoms with Gasteiger partial charge < -0.3 is 9.84 Å². The van der Waals surface area contributed by atoms with Crippen molar-refractivity contribution in [3.63, 3.8) is 0 Å². The van der Waals surface area contributed by atoms with Crippen LogP contribution in [0.15, 0.2) is 29.6 Å². The molecule has 4 heteroatoms. The Morgan fingerprint density at radius 1 is 1.42 bits per heavy atom. The molecule has 0 aliphatic heterocycles. The molecule has 0 fully saturated rings. The summed E-state index contributed by atoms with van der Waals surface area (Å²) in [5.41, 5.74) is 1.83. The lowest BCUT2D eigenvalue weighted by Crippen LogP contribution is -1.98. The van der Waals surface area contributed by atoms with Gasteiger partial charge in [-0.1, -0.05) is 19.1 Å². The first-order chi connectivity index (χ1) is 9.19. The third kappa shape index (κ3) is 4.04. The Kier molecular flexibility index (Phi) is 4.93. The van der Waals surface area contributed by atoms with E-state index in [1.54, 1.807) is 18.3 Å². The predicted octanol–water partition coefficient (Wildman–Crippen LogP) is 3.73. The van der Waals surface area contributed by atoms with Crippen molar-refractivity contribution >= 4 is 11.3 Å². The fourth-order valence-corrected chi connectivity index (χ4v) is 2.65. The second-order valence-corrected chi connectivity index (χ2v) is 5.46. The van der Waals surface area contributed by atoms with E-state index in [0.717, 1.165) is 29.8 Å². The molecule has 1 aromatic heterocycles. The summed E-state index contributed by atoms with van der Waals surface area (Å²) in [6.45, 7) is 4.37. The predicted molar refractivity (Wildman–Crippen MR) is 77.5 cm³/mol. The molecular formula is C15H19NO2S. The highest BCUT2D eigenvalue weighted by molar-refractivity contribution is 7.09. The van der Waals surface area contributed by atoms with E-state index in [2.05, 4.69) is 11.9 Å². The van der Waals surface area contributed by atoms with Gasteiger partial charge in [0.2, 0.25) is 0 Å². The second kappa shape index (κ2) is 6.68. The van der Waals surface area contributed by atoms with E-state index in [1.165, 1.54) is 5.01 Å². The molecule has 0 amide bonds. The van der Waals surface area contributed by atoms with Gasteiger partial charge in [-0.2, -0.15) is 0 Å². The van der Waals surface area contributed by atoms with Crippen LogP contribution >= 0.6 is 11.3 Å². The zero-order valence-corrected chi connectivity index (χ0v) is 12.1. The fraction of sp³-hybridized carbons (Fsp3) is 0.400. The zero-order chi connectivity index (χ0) is 13.7. The molecule has 1 N–H and O–H groups in total. The van der Waals surface area contributed by atoms with Crippen LogP contribution in [0.25, 0.3) is 0 Å². The minimum atomic E-state index is -0.473. The van der Waals surface area contributed by atoms with Crippen molar-refractivity contribution in [3.8, 4) is 5.75 Å². The van der Waals surface area contributed by atoms with Gasteiger partial charge in [-0.05, 0) is 37.5 Å². The summed E-state index contributed by atoms with van der Waals surface area (Å²) >= 11 is 1.69. The largest absolute Gasteiger partial charge is 0.487 e. The molecular weight excluding hydrogens is 258 g/mol. The topological polar surface area (TPSA) is 42.4 Å². The highest BCUT2D eigenvalue weighted by Gasteiger charge is 2.04. The summed E-state index contributed by atoms with van der Waals surface area (Å²) in [5, 5.41) is 12.7. The zero-order valence-electron chi connectivity index (χ0n) is 11.3. The molecule has 0 spiro atoms. The van der Waals surface area contributed by atoms with E-state index in [-0.39, 0.29) is 0 Å². The Labute approximate surface area is 117 Å². The summed E-state index contributed by atoms with van der Waals surface area (Å²) in [4.78, 5) is 4.52. The van der Waals surface area contributed by atoms with Crippen molar-refractivity contribution in [2.75, 3.05) is 0 Å². The Hall–Kier alpha value is -1.39. The van der Waals surface area contributed by atoms with Gasteiger partial charge >= 0.3 is 0 Å². The second-order valence-electron chi connectivity index (χ2n) is 4.52. The number of hydrogen-bond acceptors (Lipinski definition) is 4. The van der Waals surface area contributed by atoms with Gasteiger partial charge in [0.1, 0.15) is 12.4 Å². The SMILES string of the molecule is CCCc1nc(COc2cccc([C@H](C)O)c2)cs1. The van der Waals surface area contributed by atoms with Crippen molar-refractivity contribution in [2.45, 2.75) is 39.4 Å². The van der Waals surface area contributed by atoms with Crippen LogP contribution in [0.3, 0.4) is 0 Å². The molecule has 2 rings (SSSR count). The van der Waals surface area contributed by atoms with Gasteiger partial charge in [-0.25, -0.2) is 4.98 Å². The Morgan fingerprint density at radius 2 is 2.26 bits per heavy atom. The number of aliphatic hydroxyl groups excluding tert-OH is 1. The molecule has 0 unspecified atom stereocenters. The Morgan fingerprint density at radius 3 is 3.00 bits per heavy atom. The molecule has 1 aromatic carbocycles. The van der Waals surface area contributed by atoms with Gasteiger partial charge in [-0.3, -0.25) is 0 Å². The van der Waals surface area contributed by atoms with Gasteiger partial charge in [0.25, 0.3) is 0 Å². The molecule has 1 atom stereocenters. The van der Waals surface area contributed by atoms with Crippen molar-refractivity contribution in [1.82, 2.24) is 4.98 Å². The van der Waals surface area contributed by atoms with Crippen LogP contribution in [0.2, 0.25) is 0 Å². The van der Waals surface area contributed by atoms with Gasteiger partial charge in [-0.15, -0.1) is 11.3 Å². The van der Waals surface area contributed by atoms with Crippen LogP contribution in [0, 0.1) is 0 Å². The maximum atomic E-state index is 9.53. The van der Waals surface area contributed by atoms with Crippen molar-refractivity contribution < 1.29 is 9.84 Å². The third-order valence-electron chi connectivity index (χ3n) is 2.79. The van der Waals surface area contributed by atoms with Gasteiger partial charge in [0, 0.05) is 5.38 Å². The molecule has 0 saturated heterocycles. The van der Waals surface area contributed by atoms with Crippen LogP contribution in [-0.2, 0) is 13.0 Å². The van der Waals surface area contributed by atoms with Crippen LogP contribution in [0.4, 0.5) is 0 Å². The van der Waals surface area contributed by atoms with Crippen molar-refractivity contribution in [3.05, 3.63) is 45.9 Å². The van der Waals surface area contributed by atoms with Crippen molar-refractivity contribution in [1.29, 1.82) is 0 Å². The number of hydrogen-bond donors (Lipinski definition) is 1. The number of ether oxygens (including phenoxy) is 1. The molecule has 3 nitrogen and oxygen atoms in total. The molecule has 0 aliphatic rings. The quantitative estimate of drug-likeness (QED) is 0.875. The smallest absolute Gasteiger partial charge is 0.131 e. The maximum absolute atomic E-state index is 9.53. The summed E-state index contributed by atoms with van der Waals surface area (Å²) in [5.74, 6) is 0.767. The minimum absolute atomic E-state index is 0.473. The van der Waals surface area contributed by atoms with Gasteiger partial charge in [0.15, 0.2) is 0 Å².